The van der Waals surface area contributed by atoms with Crippen molar-refractivity contribution in [2.45, 2.75) is 13.1 Å². The number of nitrogens with two attached hydrogens (primary N) is 1. The van der Waals surface area contributed by atoms with Gasteiger partial charge < -0.3 is 10.2 Å². The summed E-state index contributed by atoms with van der Waals surface area (Å²) < 4.78 is 57.6. The third kappa shape index (κ3) is 2.11. The molecule has 1 heterocycles. The number of fused-ring (bicyclic) bond motifs is 1. The van der Waals surface area contributed by atoms with Crippen molar-refractivity contribution >= 4 is 16.6 Å². The molecule has 0 saturated carbocycles. The van der Waals surface area contributed by atoms with E-state index in [0.29, 0.717) is 0 Å². The number of nitrogens with one attached hydrogen (secondary N) is 1. The van der Waals surface area contributed by atoms with E-state index in [-0.39, 0.29) is 22.4 Å². The van der Waals surface area contributed by atoms with Crippen LogP contribution in [0.25, 0.3) is 10.9 Å². The molecule has 108 valence electrons. The standard InChI is InChI=1S/C12H11F4N3O/c1-5-9(19-17)8-7(20-2)4-3-6(13)10(8)18-11(5)12(14,15)16/h3-4H,17H2,1-2H3,(H,18,19). The molecular weight excluding hydrogens is 278 g/mol. The minimum atomic E-state index is -4.71. The van der Waals surface area contributed by atoms with E-state index in [1.807, 2.05) is 0 Å². The first-order valence-corrected chi connectivity index (χ1v) is 5.51. The number of nitrogens with zero attached hydrogens (tertiary/aromatic N) is 1. The summed E-state index contributed by atoms with van der Waals surface area (Å²) >= 11 is 0. The molecule has 1 aromatic heterocycles. The molecule has 0 saturated heterocycles. The number of alkyl halides is 3. The summed E-state index contributed by atoms with van der Waals surface area (Å²) in [5.74, 6) is 4.57. The summed E-state index contributed by atoms with van der Waals surface area (Å²) in [5.41, 5.74) is 0.231. The molecule has 0 aliphatic heterocycles. The third-order valence-corrected chi connectivity index (χ3v) is 2.93. The Balaban J connectivity index is 2.99. The number of halogens is 4. The summed E-state index contributed by atoms with van der Waals surface area (Å²) in [5, 5.41) is 0.0699. The van der Waals surface area contributed by atoms with E-state index in [9.17, 15) is 17.6 Å². The van der Waals surface area contributed by atoms with Crippen LogP contribution in [0, 0.1) is 12.7 Å². The Morgan fingerprint density at radius 1 is 1.30 bits per heavy atom. The number of hydrogen-bond acceptors (Lipinski definition) is 4. The molecule has 20 heavy (non-hydrogen) atoms. The van der Waals surface area contributed by atoms with Gasteiger partial charge >= 0.3 is 6.18 Å². The highest BCUT2D eigenvalue weighted by atomic mass is 19.4. The second-order valence-electron chi connectivity index (χ2n) is 4.08. The van der Waals surface area contributed by atoms with Gasteiger partial charge in [0, 0.05) is 5.56 Å². The molecule has 0 bridgehead atoms. The van der Waals surface area contributed by atoms with Crippen LogP contribution in [-0.2, 0) is 6.18 Å². The highest BCUT2D eigenvalue weighted by Gasteiger charge is 2.36. The van der Waals surface area contributed by atoms with E-state index in [2.05, 4.69) is 10.4 Å². The minimum Gasteiger partial charge on any atom is -0.496 e. The molecule has 0 fully saturated rings. The number of anilines is 1. The maximum atomic E-state index is 13.8. The predicted octanol–water partition coefficient (Wildman–Crippen LogP) is 3.00. The Morgan fingerprint density at radius 2 is 1.95 bits per heavy atom. The van der Waals surface area contributed by atoms with E-state index in [0.717, 1.165) is 6.07 Å². The molecule has 8 heteroatoms. The lowest BCUT2D eigenvalue weighted by atomic mass is 10.1. The second-order valence-corrected chi connectivity index (χ2v) is 4.08. The summed E-state index contributed by atoms with van der Waals surface area (Å²) in [6, 6.07) is 2.29. The predicted molar refractivity (Wildman–Crippen MR) is 65.8 cm³/mol. The number of rotatable bonds is 2. The number of aromatic nitrogens is 1. The Hall–Kier alpha value is -2.09. The first-order valence-electron chi connectivity index (χ1n) is 5.51. The number of hydrazine groups is 1. The van der Waals surface area contributed by atoms with Gasteiger partial charge in [-0.15, -0.1) is 0 Å². The monoisotopic (exact) mass is 289 g/mol. The van der Waals surface area contributed by atoms with Crippen molar-refractivity contribution in [1.29, 1.82) is 0 Å². The maximum absolute atomic E-state index is 13.8. The van der Waals surface area contributed by atoms with Crippen LogP contribution in [0.5, 0.6) is 5.75 Å². The van der Waals surface area contributed by atoms with Crippen LogP contribution in [-0.4, -0.2) is 12.1 Å². The average Bonchev–Trinajstić information content (AvgIpc) is 2.37. The average molecular weight is 289 g/mol. The van der Waals surface area contributed by atoms with Gasteiger partial charge in [0.1, 0.15) is 22.8 Å². The van der Waals surface area contributed by atoms with Crippen molar-refractivity contribution in [3.63, 3.8) is 0 Å². The molecule has 0 amide bonds. The van der Waals surface area contributed by atoms with Gasteiger partial charge in [-0.25, -0.2) is 9.37 Å². The molecule has 2 rings (SSSR count). The van der Waals surface area contributed by atoms with Crippen molar-refractivity contribution in [2.24, 2.45) is 5.84 Å². The Labute approximate surface area is 111 Å². The third-order valence-electron chi connectivity index (χ3n) is 2.93. The summed E-state index contributed by atoms with van der Waals surface area (Å²) in [6.45, 7) is 1.20. The van der Waals surface area contributed by atoms with Crippen molar-refractivity contribution in [2.75, 3.05) is 12.5 Å². The van der Waals surface area contributed by atoms with Crippen molar-refractivity contribution in [3.8, 4) is 5.75 Å². The summed E-state index contributed by atoms with van der Waals surface area (Å²) in [7, 11) is 1.32. The molecule has 0 aliphatic rings. The number of nitrogen functional groups attached to an aromatic ring is 1. The Kier molecular flexibility index (Phi) is 3.43. The minimum absolute atomic E-state index is 0.0699. The quantitative estimate of drug-likeness (QED) is 0.507. The Bertz CT molecular complexity index is 670. The molecule has 0 aliphatic carbocycles. The summed E-state index contributed by atoms with van der Waals surface area (Å²) in [4.78, 5) is 3.39. The lowest BCUT2D eigenvalue weighted by molar-refractivity contribution is -0.141. The highest BCUT2D eigenvalue weighted by molar-refractivity contribution is 5.98. The van der Waals surface area contributed by atoms with Crippen molar-refractivity contribution in [1.82, 2.24) is 4.98 Å². The molecule has 4 nitrogen and oxygen atoms in total. The van der Waals surface area contributed by atoms with Crippen LogP contribution >= 0.6 is 0 Å². The van der Waals surface area contributed by atoms with Gasteiger partial charge in [0.25, 0.3) is 0 Å². The molecule has 2 aromatic rings. The van der Waals surface area contributed by atoms with Crippen molar-refractivity contribution < 1.29 is 22.3 Å². The lowest BCUT2D eigenvalue weighted by Crippen LogP contribution is -2.16. The van der Waals surface area contributed by atoms with Gasteiger partial charge in [0.15, 0.2) is 0 Å². The van der Waals surface area contributed by atoms with Crippen LogP contribution in [0.4, 0.5) is 23.2 Å². The first-order chi connectivity index (χ1) is 9.31. The zero-order valence-electron chi connectivity index (χ0n) is 10.6. The molecule has 0 unspecified atom stereocenters. The smallest absolute Gasteiger partial charge is 0.433 e. The fourth-order valence-corrected chi connectivity index (χ4v) is 2.03. The van der Waals surface area contributed by atoms with Gasteiger partial charge in [-0.1, -0.05) is 0 Å². The number of hydrogen-bond donors (Lipinski definition) is 2. The topological polar surface area (TPSA) is 60.2 Å². The maximum Gasteiger partial charge on any atom is 0.433 e. The van der Waals surface area contributed by atoms with E-state index < -0.39 is 23.2 Å². The van der Waals surface area contributed by atoms with E-state index >= 15 is 0 Å². The number of methoxy groups -OCH3 is 1. The number of ether oxygens (including phenoxy) is 1. The summed E-state index contributed by atoms with van der Waals surface area (Å²) in [6.07, 6.45) is -4.71. The Morgan fingerprint density at radius 3 is 2.45 bits per heavy atom. The fourth-order valence-electron chi connectivity index (χ4n) is 2.03. The van der Waals surface area contributed by atoms with Crippen LogP contribution < -0.4 is 16.0 Å². The van der Waals surface area contributed by atoms with E-state index in [1.165, 1.54) is 20.1 Å². The fraction of sp³-hybridized carbons (Fsp3) is 0.250. The van der Waals surface area contributed by atoms with Crippen molar-refractivity contribution in [3.05, 3.63) is 29.2 Å². The number of benzene rings is 1. The first kappa shape index (κ1) is 14.3. The highest BCUT2D eigenvalue weighted by Crippen LogP contribution is 2.40. The molecule has 1 aromatic carbocycles. The van der Waals surface area contributed by atoms with Crippen LogP contribution in [0.3, 0.4) is 0 Å². The van der Waals surface area contributed by atoms with Crippen LogP contribution in [0.15, 0.2) is 12.1 Å². The van der Waals surface area contributed by atoms with Crippen LogP contribution in [0.1, 0.15) is 11.3 Å². The molecule has 0 atom stereocenters. The SMILES string of the molecule is COc1ccc(F)c2nc(C(F)(F)F)c(C)c(NN)c12. The zero-order valence-corrected chi connectivity index (χ0v) is 10.6. The molecule has 0 radical (unpaired) electrons. The van der Waals surface area contributed by atoms with Gasteiger partial charge in [-0.3, -0.25) is 5.84 Å². The van der Waals surface area contributed by atoms with Gasteiger partial charge in [0.2, 0.25) is 0 Å². The van der Waals surface area contributed by atoms with Crippen LogP contribution in [0.2, 0.25) is 0 Å². The molecule has 0 spiro atoms. The molecular formula is C12H11F4N3O. The van der Waals surface area contributed by atoms with E-state index in [4.69, 9.17) is 10.6 Å². The van der Waals surface area contributed by atoms with Gasteiger partial charge in [0.05, 0.1) is 18.2 Å². The zero-order chi connectivity index (χ0) is 15.1. The van der Waals surface area contributed by atoms with Gasteiger partial charge in [-0.05, 0) is 19.1 Å². The number of pyridine rings is 1. The normalized spacial score (nSPS) is 11.8. The second kappa shape index (κ2) is 4.78. The van der Waals surface area contributed by atoms with Gasteiger partial charge in [-0.2, -0.15) is 13.2 Å². The molecule has 3 N–H and O–H groups in total. The van der Waals surface area contributed by atoms with E-state index in [1.54, 1.807) is 0 Å². The lowest BCUT2D eigenvalue weighted by Gasteiger charge is -2.17. The largest absolute Gasteiger partial charge is 0.496 e.